The van der Waals surface area contributed by atoms with Crippen molar-refractivity contribution in [1.29, 1.82) is 0 Å². The smallest absolute Gasteiger partial charge is 0.342 e. The Morgan fingerprint density at radius 1 is 1.21 bits per heavy atom. The van der Waals surface area contributed by atoms with Crippen LogP contribution in [0.15, 0.2) is 28.7 Å². The lowest BCUT2D eigenvalue weighted by molar-refractivity contribution is 0.0461. The number of nitrogen functional groups attached to an aromatic ring is 1. The number of hydrogen-bond acceptors (Lipinski definition) is 10. The summed E-state index contributed by atoms with van der Waals surface area (Å²) in [7, 11) is -3.37. The number of nitrogens with two attached hydrogens (primary N) is 1. The summed E-state index contributed by atoms with van der Waals surface area (Å²) in [6.07, 6.45) is 0.530. The van der Waals surface area contributed by atoms with E-state index < -0.39 is 22.0 Å². The molecule has 1 fully saturated rings. The molecular weight excluding hydrogens is 452 g/mol. The SMILES string of the molecule is CCOC(=O)c1c(C)oc2nc(COC(=O)c3cccc(N4CCCS4(=O)=O)c3)nc(N)c12. The standard InChI is InChI=1S/C21H22N4O7S/c1-3-30-21(27)16-12(2)32-19-17(16)18(22)23-15(24-19)11-31-20(26)13-6-4-7-14(10-13)25-8-5-9-33(25,28)29/h4,6-7,10H,3,5,8-9,11H2,1-2H3,(H2,22,23,24). The van der Waals surface area contributed by atoms with Crippen LogP contribution in [0.2, 0.25) is 0 Å². The van der Waals surface area contributed by atoms with Gasteiger partial charge in [0.05, 0.1) is 29.0 Å². The Hall–Kier alpha value is -3.67. The van der Waals surface area contributed by atoms with E-state index in [0.29, 0.717) is 18.7 Å². The zero-order valence-electron chi connectivity index (χ0n) is 18.0. The van der Waals surface area contributed by atoms with Gasteiger partial charge in [0.25, 0.3) is 0 Å². The van der Waals surface area contributed by atoms with Crippen LogP contribution in [0.3, 0.4) is 0 Å². The number of hydrogen-bond donors (Lipinski definition) is 1. The number of anilines is 2. The van der Waals surface area contributed by atoms with Gasteiger partial charge in [-0.2, -0.15) is 4.98 Å². The molecule has 2 aromatic heterocycles. The minimum atomic E-state index is -3.37. The summed E-state index contributed by atoms with van der Waals surface area (Å²) >= 11 is 0. The molecule has 1 aliphatic rings. The maximum atomic E-state index is 12.6. The Kier molecular flexibility index (Phi) is 5.93. The number of fused-ring (bicyclic) bond motifs is 1. The zero-order valence-corrected chi connectivity index (χ0v) is 18.8. The monoisotopic (exact) mass is 474 g/mol. The molecule has 3 aromatic rings. The lowest BCUT2D eigenvalue weighted by atomic mass is 10.2. The van der Waals surface area contributed by atoms with E-state index in [-0.39, 0.29) is 58.6 Å². The van der Waals surface area contributed by atoms with Crippen molar-refractivity contribution < 1.29 is 31.9 Å². The predicted molar refractivity (Wildman–Crippen MR) is 118 cm³/mol. The Morgan fingerprint density at radius 2 is 2.00 bits per heavy atom. The molecule has 0 amide bonds. The van der Waals surface area contributed by atoms with E-state index in [9.17, 15) is 18.0 Å². The Labute approximate surface area is 189 Å². The molecule has 33 heavy (non-hydrogen) atoms. The van der Waals surface area contributed by atoms with Crippen LogP contribution in [0.1, 0.15) is 45.6 Å². The van der Waals surface area contributed by atoms with Gasteiger partial charge in [-0.25, -0.2) is 23.0 Å². The highest BCUT2D eigenvalue weighted by molar-refractivity contribution is 7.93. The summed E-state index contributed by atoms with van der Waals surface area (Å²) in [6, 6.07) is 6.19. The van der Waals surface area contributed by atoms with Crippen molar-refractivity contribution in [2.75, 3.05) is 28.9 Å². The van der Waals surface area contributed by atoms with Gasteiger partial charge in [0.1, 0.15) is 17.1 Å². The molecule has 0 unspecified atom stereocenters. The average Bonchev–Trinajstić information content (AvgIpc) is 3.30. The number of aromatic nitrogens is 2. The van der Waals surface area contributed by atoms with Crippen LogP contribution >= 0.6 is 0 Å². The molecule has 1 saturated heterocycles. The summed E-state index contributed by atoms with van der Waals surface area (Å²) in [5.74, 6) is -0.843. The van der Waals surface area contributed by atoms with Gasteiger partial charge in [-0.3, -0.25) is 4.31 Å². The van der Waals surface area contributed by atoms with E-state index >= 15 is 0 Å². The largest absolute Gasteiger partial charge is 0.462 e. The van der Waals surface area contributed by atoms with E-state index in [4.69, 9.17) is 19.6 Å². The quantitative estimate of drug-likeness (QED) is 0.525. The van der Waals surface area contributed by atoms with E-state index in [1.54, 1.807) is 26.0 Å². The van der Waals surface area contributed by atoms with Gasteiger partial charge >= 0.3 is 11.9 Å². The molecule has 0 bridgehead atoms. The van der Waals surface area contributed by atoms with Crippen LogP contribution in [0.5, 0.6) is 0 Å². The van der Waals surface area contributed by atoms with Crippen LogP contribution in [0.4, 0.5) is 11.5 Å². The van der Waals surface area contributed by atoms with Crippen molar-refractivity contribution in [2.24, 2.45) is 0 Å². The summed E-state index contributed by atoms with van der Waals surface area (Å²) in [4.78, 5) is 33.1. The van der Waals surface area contributed by atoms with Crippen LogP contribution in [0, 0.1) is 6.92 Å². The first kappa shape index (κ1) is 22.5. The molecule has 0 atom stereocenters. The van der Waals surface area contributed by atoms with Crippen LogP contribution in [0.25, 0.3) is 11.1 Å². The maximum absolute atomic E-state index is 12.6. The fraction of sp³-hybridized carbons (Fsp3) is 0.333. The predicted octanol–water partition coefficient (Wildman–Crippen LogP) is 2.19. The number of carbonyl (C=O) groups is 2. The molecule has 1 aliphatic heterocycles. The number of rotatable bonds is 6. The van der Waals surface area contributed by atoms with Gasteiger partial charge in [-0.1, -0.05) is 6.07 Å². The lowest BCUT2D eigenvalue weighted by Crippen LogP contribution is -2.25. The molecule has 1 aromatic carbocycles. The van der Waals surface area contributed by atoms with Crippen LogP contribution in [-0.2, 0) is 26.1 Å². The number of benzene rings is 1. The van der Waals surface area contributed by atoms with Crippen molar-refractivity contribution in [1.82, 2.24) is 9.97 Å². The van der Waals surface area contributed by atoms with Gasteiger partial charge in [0.15, 0.2) is 12.4 Å². The second-order valence-electron chi connectivity index (χ2n) is 7.33. The Bertz CT molecular complexity index is 1350. The Balaban J connectivity index is 1.53. The molecule has 174 valence electrons. The first-order chi connectivity index (χ1) is 15.7. The van der Waals surface area contributed by atoms with Crippen molar-refractivity contribution in [2.45, 2.75) is 26.9 Å². The molecule has 4 rings (SSSR count). The number of carbonyl (C=O) groups excluding carboxylic acids is 2. The maximum Gasteiger partial charge on any atom is 0.342 e. The molecule has 0 aliphatic carbocycles. The third kappa shape index (κ3) is 4.33. The second kappa shape index (κ2) is 8.70. The van der Waals surface area contributed by atoms with E-state index in [2.05, 4.69) is 9.97 Å². The van der Waals surface area contributed by atoms with Crippen LogP contribution < -0.4 is 10.0 Å². The molecule has 0 radical (unpaired) electrons. The highest BCUT2D eigenvalue weighted by Gasteiger charge is 2.29. The number of furan rings is 1. The molecule has 0 saturated carbocycles. The van der Waals surface area contributed by atoms with Crippen molar-refractivity contribution >= 4 is 44.6 Å². The highest BCUT2D eigenvalue weighted by atomic mass is 32.2. The van der Waals surface area contributed by atoms with Crippen molar-refractivity contribution in [3.63, 3.8) is 0 Å². The second-order valence-corrected chi connectivity index (χ2v) is 9.34. The summed E-state index contributed by atoms with van der Waals surface area (Å²) < 4.78 is 41.4. The third-order valence-electron chi connectivity index (χ3n) is 5.08. The molecule has 11 nitrogen and oxygen atoms in total. The average molecular weight is 474 g/mol. The molecule has 12 heteroatoms. The Morgan fingerprint density at radius 3 is 2.70 bits per heavy atom. The number of ether oxygens (including phenoxy) is 2. The first-order valence-corrected chi connectivity index (χ1v) is 11.8. The van der Waals surface area contributed by atoms with Crippen molar-refractivity contribution in [3.05, 3.63) is 47.0 Å². The molecule has 3 heterocycles. The van der Waals surface area contributed by atoms with Gasteiger partial charge in [-0.15, -0.1) is 0 Å². The van der Waals surface area contributed by atoms with E-state index in [0.717, 1.165) is 0 Å². The minimum Gasteiger partial charge on any atom is -0.462 e. The lowest BCUT2D eigenvalue weighted by Gasteiger charge is -2.17. The number of sulfonamides is 1. The van der Waals surface area contributed by atoms with Gasteiger partial charge in [-0.05, 0) is 38.5 Å². The minimum absolute atomic E-state index is 0.00723. The van der Waals surface area contributed by atoms with Gasteiger partial charge < -0.3 is 19.6 Å². The van der Waals surface area contributed by atoms with Gasteiger partial charge in [0, 0.05) is 6.54 Å². The van der Waals surface area contributed by atoms with Crippen LogP contribution in [-0.4, -0.2) is 49.2 Å². The number of nitrogens with zero attached hydrogens (tertiary/aromatic N) is 3. The molecular formula is C21H22N4O7S. The van der Waals surface area contributed by atoms with E-state index in [1.807, 2.05) is 0 Å². The highest BCUT2D eigenvalue weighted by Crippen LogP contribution is 2.29. The van der Waals surface area contributed by atoms with E-state index in [1.165, 1.54) is 16.4 Å². The summed E-state index contributed by atoms with van der Waals surface area (Å²) in [5, 5.41) is 0.237. The first-order valence-electron chi connectivity index (χ1n) is 10.2. The number of esters is 2. The fourth-order valence-electron chi connectivity index (χ4n) is 3.63. The third-order valence-corrected chi connectivity index (χ3v) is 6.95. The molecule has 2 N–H and O–H groups in total. The van der Waals surface area contributed by atoms with Crippen molar-refractivity contribution in [3.8, 4) is 0 Å². The van der Waals surface area contributed by atoms with Gasteiger partial charge in [0.2, 0.25) is 15.7 Å². The summed E-state index contributed by atoms with van der Waals surface area (Å²) in [6.45, 7) is 3.51. The molecule has 0 spiro atoms. The number of aryl methyl sites for hydroxylation is 1. The normalized spacial score (nSPS) is 15.0. The topological polar surface area (TPSA) is 155 Å². The zero-order chi connectivity index (χ0) is 23.8. The summed E-state index contributed by atoms with van der Waals surface area (Å²) in [5.41, 5.74) is 6.84. The fourth-order valence-corrected chi connectivity index (χ4v) is 5.18.